The van der Waals surface area contributed by atoms with E-state index in [1.807, 2.05) is 20.8 Å². The van der Waals surface area contributed by atoms with Crippen LogP contribution in [-0.2, 0) is 4.79 Å². The molecule has 5 N–H and O–H groups in total. The lowest BCUT2D eigenvalue weighted by atomic mass is 9.99. The van der Waals surface area contributed by atoms with E-state index in [0.29, 0.717) is 6.54 Å². The molecule has 0 heterocycles. The van der Waals surface area contributed by atoms with Gasteiger partial charge in [-0.15, -0.1) is 0 Å². The summed E-state index contributed by atoms with van der Waals surface area (Å²) < 4.78 is 3.19. The Labute approximate surface area is 108 Å². The zero-order valence-corrected chi connectivity index (χ0v) is 11.7. The largest absolute Gasteiger partial charge is 0.370 e. The van der Waals surface area contributed by atoms with Crippen LogP contribution in [0.25, 0.3) is 0 Å². The molecule has 1 unspecified atom stereocenters. The van der Waals surface area contributed by atoms with Gasteiger partial charge in [0, 0.05) is 18.2 Å². The Balaban J connectivity index is 4.01. The fourth-order valence-corrected chi connectivity index (χ4v) is 1.98. The molecule has 0 bridgehead atoms. The standard InChI is InChI=1S/C11H24N4OS/c1-4-17-15-9(10(16)8(2)3)6-5-7-14-11(12)13/h8-9,15H,4-7H2,1-3H3,(H4,12,13,14). The van der Waals surface area contributed by atoms with Crippen molar-refractivity contribution in [2.24, 2.45) is 11.7 Å². The Kier molecular flexibility index (Phi) is 8.89. The van der Waals surface area contributed by atoms with Gasteiger partial charge in [0.25, 0.3) is 0 Å². The Morgan fingerprint density at radius 3 is 2.59 bits per heavy atom. The Hall–Kier alpha value is -0.750. The molecule has 0 saturated heterocycles. The first-order valence-corrected chi connectivity index (χ1v) is 6.96. The predicted octanol–water partition coefficient (Wildman–Crippen LogP) is 1.10. The summed E-state index contributed by atoms with van der Waals surface area (Å²) in [5.74, 6) is 1.21. The highest BCUT2D eigenvalue weighted by atomic mass is 32.2. The van der Waals surface area contributed by atoms with Crippen LogP contribution in [0.4, 0.5) is 0 Å². The van der Waals surface area contributed by atoms with E-state index in [1.54, 1.807) is 11.9 Å². The van der Waals surface area contributed by atoms with E-state index in [9.17, 15) is 4.79 Å². The smallest absolute Gasteiger partial charge is 0.185 e. The summed E-state index contributed by atoms with van der Waals surface area (Å²) in [4.78, 5) is 11.9. The van der Waals surface area contributed by atoms with E-state index in [4.69, 9.17) is 11.1 Å². The van der Waals surface area contributed by atoms with Crippen molar-refractivity contribution in [3.63, 3.8) is 0 Å². The fraction of sp³-hybridized carbons (Fsp3) is 0.818. The molecule has 0 aromatic carbocycles. The van der Waals surface area contributed by atoms with E-state index in [0.717, 1.165) is 18.6 Å². The van der Waals surface area contributed by atoms with Gasteiger partial charge in [0.1, 0.15) is 0 Å². The minimum Gasteiger partial charge on any atom is -0.370 e. The molecule has 0 rings (SSSR count). The molecule has 0 aliphatic rings. The second-order valence-electron chi connectivity index (χ2n) is 4.14. The number of guanidine groups is 1. The molecular formula is C11H24N4OS. The van der Waals surface area contributed by atoms with Crippen molar-refractivity contribution in [1.82, 2.24) is 10.0 Å². The molecule has 0 fully saturated rings. The zero-order chi connectivity index (χ0) is 13.3. The maximum Gasteiger partial charge on any atom is 0.185 e. The lowest BCUT2D eigenvalue weighted by molar-refractivity contribution is -0.123. The summed E-state index contributed by atoms with van der Waals surface area (Å²) in [6.07, 6.45) is 1.59. The van der Waals surface area contributed by atoms with E-state index in [-0.39, 0.29) is 23.7 Å². The van der Waals surface area contributed by atoms with Crippen LogP contribution in [-0.4, -0.2) is 30.1 Å². The van der Waals surface area contributed by atoms with Crippen molar-refractivity contribution < 1.29 is 4.79 Å². The highest BCUT2D eigenvalue weighted by molar-refractivity contribution is 7.97. The molecular weight excluding hydrogens is 236 g/mol. The Bertz CT molecular complexity index is 246. The molecule has 0 aliphatic heterocycles. The van der Waals surface area contributed by atoms with Crippen LogP contribution in [0.3, 0.4) is 0 Å². The number of Topliss-reactive ketones (excluding diaryl/α,β-unsaturated/α-hetero) is 1. The average molecular weight is 260 g/mol. The van der Waals surface area contributed by atoms with Gasteiger partial charge < -0.3 is 11.1 Å². The van der Waals surface area contributed by atoms with E-state index in [1.165, 1.54) is 0 Å². The maximum absolute atomic E-state index is 11.9. The number of nitrogens with two attached hydrogens (primary N) is 1. The lowest BCUT2D eigenvalue weighted by Crippen LogP contribution is -2.37. The highest BCUT2D eigenvalue weighted by Gasteiger charge is 2.20. The molecule has 100 valence electrons. The molecule has 0 aromatic rings. The monoisotopic (exact) mass is 260 g/mol. The summed E-state index contributed by atoms with van der Waals surface area (Å²) >= 11 is 1.57. The quantitative estimate of drug-likeness (QED) is 0.216. The van der Waals surface area contributed by atoms with Gasteiger partial charge in [-0.1, -0.05) is 32.7 Å². The van der Waals surface area contributed by atoms with Gasteiger partial charge >= 0.3 is 0 Å². The third kappa shape index (κ3) is 8.04. The molecule has 0 spiro atoms. The third-order valence-electron chi connectivity index (χ3n) is 2.27. The third-order valence-corrected chi connectivity index (χ3v) is 3.01. The molecule has 5 nitrogen and oxygen atoms in total. The van der Waals surface area contributed by atoms with Crippen LogP contribution < -0.4 is 15.8 Å². The SMILES string of the molecule is CCSNC(CCCNC(=N)N)C(=O)C(C)C. The molecule has 1 atom stereocenters. The first-order chi connectivity index (χ1) is 7.99. The number of ketones is 1. The molecule has 0 saturated carbocycles. The Morgan fingerprint density at radius 1 is 1.47 bits per heavy atom. The fourth-order valence-electron chi connectivity index (χ4n) is 1.37. The first-order valence-electron chi connectivity index (χ1n) is 5.98. The number of carbonyl (C=O) groups excluding carboxylic acids is 1. The Morgan fingerprint density at radius 2 is 2.12 bits per heavy atom. The summed E-state index contributed by atoms with van der Waals surface area (Å²) in [5, 5.41) is 9.76. The molecule has 0 radical (unpaired) electrons. The molecule has 0 aliphatic carbocycles. The normalized spacial score (nSPS) is 12.5. The van der Waals surface area contributed by atoms with Gasteiger partial charge in [0.15, 0.2) is 11.7 Å². The van der Waals surface area contributed by atoms with Crippen LogP contribution in [0.15, 0.2) is 0 Å². The number of carbonyl (C=O) groups is 1. The summed E-state index contributed by atoms with van der Waals surface area (Å²) in [6.45, 7) is 6.52. The number of rotatable bonds is 9. The van der Waals surface area contributed by atoms with Crippen molar-refractivity contribution in [3.05, 3.63) is 0 Å². The van der Waals surface area contributed by atoms with Crippen molar-refractivity contribution in [2.45, 2.75) is 39.7 Å². The summed E-state index contributed by atoms with van der Waals surface area (Å²) in [6, 6.07) is -0.103. The number of nitrogens with one attached hydrogen (secondary N) is 3. The van der Waals surface area contributed by atoms with Gasteiger partial charge in [-0.25, -0.2) is 0 Å². The second kappa shape index (κ2) is 9.30. The van der Waals surface area contributed by atoms with E-state index < -0.39 is 0 Å². The average Bonchev–Trinajstić information content (AvgIpc) is 2.26. The zero-order valence-electron chi connectivity index (χ0n) is 10.9. The van der Waals surface area contributed by atoms with Crippen molar-refractivity contribution in [2.75, 3.05) is 12.3 Å². The van der Waals surface area contributed by atoms with Crippen LogP contribution in [0, 0.1) is 11.3 Å². The molecule has 17 heavy (non-hydrogen) atoms. The predicted molar refractivity (Wildman–Crippen MR) is 74.1 cm³/mol. The summed E-state index contributed by atoms with van der Waals surface area (Å²) in [7, 11) is 0. The second-order valence-corrected chi connectivity index (χ2v) is 5.24. The highest BCUT2D eigenvalue weighted by Crippen LogP contribution is 2.09. The van der Waals surface area contributed by atoms with Crippen molar-refractivity contribution >= 4 is 23.7 Å². The number of hydrogen-bond acceptors (Lipinski definition) is 4. The topological polar surface area (TPSA) is 91.0 Å². The minimum absolute atomic E-state index is 0.0207. The van der Waals surface area contributed by atoms with E-state index >= 15 is 0 Å². The van der Waals surface area contributed by atoms with E-state index in [2.05, 4.69) is 10.0 Å². The molecule has 6 heteroatoms. The van der Waals surface area contributed by atoms with Crippen LogP contribution in [0.2, 0.25) is 0 Å². The molecule has 0 aromatic heterocycles. The van der Waals surface area contributed by atoms with Gasteiger partial charge in [-0.3, -0.25) is 14.9 Å². The minimum atomic E-state index is -0.103. The maximum atomic E-state index is 11.9. The van der Waals surface area contributed by atoms with Crippen molar-refractivity contribution in [3.8, 4) is 0 Å². The lowest BCUT2D eigenvalue weighted by Gasteiger charge is -2.18. The molecule has 0 amide bonds. The van der Waals surface area contributed by atoms with Gasteiger partial charge in [-0.05, 0) is 12.8 Å². The van der Waals surface area contributed by atoms with Crippen molar-refractivity contribution in [1.29, 1.82) is 5.41 Å². The van der Waals surface area contributed by atoms with Gasteiger partial charge in [0.05, 0.1) is 6.04 Å². The first kappa shape index (κ1) is 16.2. The van der Waals surface area contributed by atoms with Crippen LogP contribution >= 0.6 is 11.9 Å². The summed E-state index contributed by atoms with van der Waals surface area (Å²) in [5.41, 5.74) is 5.18. The van der Waals surface area contributed by atoms with Gasteiger partial charge in [-0.2, -0.15) is 0 Å². The van der Waals surface area contributed by atoms with Crippen LogP contribution in [0.1, 0.15) is 33.6 Å². The van der Waals surface area contributed by atoms with Gasteiger partial charge in [0.2, 0.25) is 0 Å². The number of hydrogen-bond donors (Lipinski definition) is 4. The van der Waals surface area contributed by atoms with Crippen LogP contribution in [0.5, 0.6) is 0 Å².